The van der Waals surface area contributed by atoms with Gasteiger partial charge in [0.05, 0.1) is 6.10 Å². The van der Waals surface area contributed by atoms with Gasteiger partial charge in [-0.3, -0.25) is 0 Å². The normalized spacial score (nSPS) is 34.2. The van der Waals surface area contributed by atoms with Crippen LogP contribution in [0.2, 0.25) is 0 Å². The van der Waals surface area contributed by atoms with E-state index in [9.17, 15) is 9.59 Å². The van der Waals surface area contributed by atoms with Gasteiger partial charge in [-0.2, -0.15) is 0 Å². The van der Waals surface area contributed by atoms with Crippen LogP contribution in [0.4, 0.5) is 0 Å². The van der Waals surface area contributed by atoms with Crippen molar-refractivity contribution in [1.82, 2.24) is 0 Å². The first kappa shape index (κ1) is 19.4. The van der Waals surface area contributed by atoms with Crippen LogP contribution >= 0.6 is 0 Å². The molecule has 2 atom stereocenters. The highest BCUT2D eigenvalue weighted by atomic mass is 16.7. The van der Waals surface area contributed by atoms with E-state index in [1.54, 1.807) is 6.92 Å². The van der Waals surface area contributed by atoms with Gasteiger partial charge < -0.3 is 14.2 Å². The third-order valence-electron chi connectivity index (χ3n) is 6.28. The van der Waals surface area contributed by atoms with E-state index < -0.39 is 24.8 Å². The van der Waals surface area contributed by atoms with E-state index in [4.69, 9.17) is 14.2 Å². The minimum absolute atomic E-state index is 0.0482. The summed E-state index contributed by atoms with van der Waals surface area (Å²) in [4.78, 5) is 23.1. The lowest BCUT2D eigenvalue weighted by Gasteiger charge is -2.57. The SMILES string of the molecule is C=C(C)C(=O)OCC(=O)OC(C)OC(C)CC12CC3CC(CC(C3)C1)C2. The number of carbonyl (C=O) groups excluding carboxylic acids is 2. The minimum Gasteiger partial charge on any atom is -0.450 e. The summed E-state index contributed by atoms with van der Waals surface area (Å²) in [6, 6.07) is 0. The van der Waals surface area contributed by atoms with Crippen molar-refractivity contribution >= 4 is 11.9 Å². The van der Waals surface area contributed by atoms with E-state index in [1.807, 2.05) is 0 Å². The molecule has 0 saturated heterocycles. The van der Waals surface area contributed by atoms with Crippen molar-refractivity contribution in [3.8, 4) is 0 Å². The fourth-order valence-corrected chi connectivity index (χ4v) is 6.02. The van der Waals surface area contributed by atoms with Gasteiger partial charge in [0.25, 0.3) is 0 Å². The lowest BCUT2D eigenvalue weighted by atomic mass is 9.48. The van der Waals surface area contributed by atoms with Crippen LogP contribution < -0.4 is 0 Å². The van der Waals surface area contributed by atoms with Gasteiger partial charge in [0.1, 0.15) is 0 Å². The fraction of sp³-hybridized carbons (Fsp3) is 0.810. The van der Waals surface area contributed by atoms with Crippen molar-refractivity contribution in [3.05, 3.63) is 12.2 Å². The number of hydrogen-bond acceptors (Lipinski definition) is 5. The van der Waals surface area contributed by atoms with Crippen LogP contribution in [-0.4, -0.2) is 30.9 Å². The molecule has 4 saturated carbocycles. The molecule has 0 aromatic rings. The molecule has 0 heterocycles. The predicted molar refractivity (Wildman–Crippen MR) is 97.1 cm³/mol. The van der Waals surface area contributed by atoms with Crippen LogP contribution in [0.15, 0.2) is 12.2 Å². The highest BCUT2D eigenvalue weighted by molar-refractivity contribution is 5.88. The maximum atomic E-state index is 11.8. The van der Waals surface area contributed by atoms with Gasteiger partial charge in [0, 0.05) is 5.57 Å². The van der Waals surface area contributed by atoms with Crippen LogP contribution in [-0.2, 0) is 23.8 Å². The average molecular weight is 364 g/mol. The Balaban J connectivity index is 1.42. The molecule has 2 unspecified atom stereocenters. The summed E-state index contributed by atoms with van der Waals surface area (Å²) in [7, 11) is 0. The smallest absolute Gasteiger partial charge is 0.346 e. The first-order valence-corrected chi connectivity index (χ1v) is 9.92. The van der Waals surface area contributed by atoms with Gasteiger partial charge in [0.2, 0.25) is 6.29 Å². The topological polar surface area (TPSA) is 61.8 Å². The Morgan fingerprint density at radius 1 is 1.08 bits per heavy atom. The number of carbonyl (C=O) groups is 2. The van der Waals surface area contributed by atoms with Crippen molar-refractivity contribution in [3.63, 3.8) is 0 Å². The Hall–Kier alpha value is -1.36. The molecule has 4 bridgehead atoms. The van der Waals surface area contributed by atoms with E-state index in [-0.39, 0.29) is 11.7 Å². The molecule has 26 heavy (non-hydrogen) atoms. The summed E-state index contributed by atoms with van der Waals surface area (Å²) in [5.41, 5.74) is 0.695. The highest BCUT2D eigenvalue weighted by Gasteiger charge is 2.51. The van der Waals surface area contributed by atoms with Crippen molar-refractivity contribution in [2.45, 2.75) is 78.1 Å². The lowest BCUT2D eigenvalue weighted by Crippen LogP contribution is -2.47. The minimum atomic E-state index is -0.644. The van der Waals surface area contributed by atoms with Gasteiger partial charge in [-0.05, 0) is 88.9 Å². The Bertz CT molecular complexity index is 531. The molecule has 5 nitrogen and oxygen atoms in total. The standard InChI is InChI=1S/C21H32O5/c1-13(2)20(23)24-12-19(22)26-15(4)25-14(3)8-21-9-16-5-17(10-21)7-18(6-16)11-21/h14-18H,1,5-12H2,2-4H3. The summed E-state index contributed by atoms with van der Waals surface area (Å²) < 4.78 is 15.9. The monoisotopic (exact) mass is 364 g/mol. The molecule has 4 aliphatic carbocycles. The Morgan fingerprint density at radius 3 is 2.12 bits per heavy atom. The molecule has 0 N–H and O–H groups in total. The Labute approximate surface area is 156 Å². The first-order valence-electron chi connectivity index (χ1n) is 9.92. The van der Waals surface area contributed by atoms with Gasteiger partial charge in [-0.25, -0.2) is 9.59 Å². The second kappa shape index (κ2) is 7.71. The van der Waals surface area contributed by atoms with Gasteiger partial charge in [0.15, 0.2) is 6.61 Å². The zero-order valence-corrected chi connectivity index (χ0v) is 16.3. The highest BCUT2D eigenvalue weighted by Crippen LogP contribution is 2.61. The van der Waals surface area contributed by atoms with Crippen LogP contribution in [0.25, 0.3) is 0 Å². The Morgan fingerprint density at radius 2 is 1.62 bits per heavy atom. The molecule has 4 rings (SSSR count). The predicted octanol–water partition coefficient (Wildman–Crippen LogP) is 4.01. The van der Waals surface area contributed by atoms with E-state index in [0.29, 0.717) is 5.41 Å². The fourth-order valence-electron chi connectivity index (χ4n) is 6.02. The van der Waals surface area contributed by atoms with E-state index in [2.05, 4.69) is 13.5 Å². The maximum Gasteiger partial charge on any atom is 0.346 e. The summed E-state index contributed by atoms with van der Waals surface area (Å²) in [5, 5.41) is 0. The van der Waals surface area contributed by atoms with Crippen LogP contribution in [0.3, 0.4) is 0 Å². The molecule has 5 heteroatoms. The van der Waals surface area contributed by atoms with Gasteiger partial charge in [-0.15, -0.1) is 0 Å². The van der Waals surface area contributed by atoms with Crippen LogP contribution in [0.5, 0.6) is 0 Å². The van der Waals surface area contributed by atoms with E-state index in [0.717, 1.165) is 24.2 Å². The molecule has 0 aromatic heterocycles. The van der Waals surface area contributed by atoms with E-state index >= 15 is 0 Å². The number of ether oxygens (including phenoxy) is 3. The van der Waals surface area contributed by atoms with Crippen molar-refractivity contribution in [2.24, 2.45) is 23.2 Å². The Kier molecular flexibility index (Phi) is 5.75. The molecular weight excluding hydrogens is 332 g/mol. The summed E-state index contributed by atoms with van der Waals surface area (Å²) in [5.74, 6) is 1.57. The molecule has 0 spiro atoms. The van der Waals surface area contributed by atoms with Crippen molar-refractivity contribution in [1.29, 1.82) is 0 Å². The second-order valence-electron chi connectivity index (χ2n) is 8.98. The molecule has 4 aliphatic rings. The van der Waals surface area contributed by atoms with Crippen LogP contribution in [0, 0.1) is 23.2 Å². The summed E-state index contributed by atoms with van der Waals surface area (Å²) in [6.45, 7) is 8.38. The third-order valence-corrected chi connectivity index (χ3v) is 6.28. The van der Waals surface area contributed by atoms with E-state index in [1.165, 1.54) is 45.4 Å². The largest absolute Gasteiger partial charge is 0.450 e. The zero-order chi connectivity index (χ0) is 18.9. The second-order valence-corrected chi connectivity index (χ2v) is 8.98. The first-order chi connectivity index (χ1) is 12.2. The molecule has 0 amide bonds. The van der Waals surface area contributed by atoms with Gasteiger partial charge >= 0.3 is 11.9 Å². The van der Waals surface area contributed by atoms with Gasteiger partial charge in [-0.1, -0.05) is 6.58 Å². The lowest BCUT2D eigenvalue weighted by molar-refractivity contribution is -0.194. The molecule has 0 aliphatic heterocycles. The number of rotatable bonds is 8. The third kappa shape index (κ3) is 4.67. The molecule has 0 aromatic carbocycles. The van der Waals surface area contributed by atoms with Crippen molar-refractivity contribution in [2.75, 3.05) is 6.61 Å². The molecular formula is C21H32O5. The van der Waals surface area contributed by atoms with Crippen LogP contribution in [0.1, 0.15) is 65.7 Å². The number of hydrogen-bond donors (Lipinski definition) is 0. The maximum absolute atomic E-state index is 11.8. The summed E-state index contributed by atoms with van der Waals surface area (Å²) >= 11 is 0. The quantitative estimate of drug-likeness (QED) is 0.370. The number of esters is 2. The molecule has 0 radical (unpaired) electrons. The average Bonchev–Trinajstić information content (AvgIpc) is 2.49. The van der Waals surface area contributed by atoms with Crippen molar-refractivity contribution < 1.29 is 23.8 Å². The molecule has 146 valence electrons. The zero-order valence-electron chi connectivity index (χ0n) is 16.3. The summed E-state index contributed by atoms with van der Waals surface area (Å²) in [6.07, 6.45) is 8.79. The molecule has 4 fully saturated rings.